The van der Waals surface area contributed by atoms with E-state index < -0.39 is 34.2 Å². The third kappa shape index (κ3) is 5.64. The fraction of sp³-hybridized carbons (Fsp3) is 0.174. The SMILES string of the molecule is COc1ccccc1N(CC(=O)Nc1cccc(C(F)(F)F)c1)S(=O)(=O)c1ccc(C)cc1. The molecule has 0 saturated carbocycles. The van der Waals surface area contributed by atoms with Crippen LogP contribution in [0.25, 0.3) is 0 Å². The number of aryl methyl sites for hydroxylation is 1. The van der Waals surface area contributed by atoms with Crippen LogP contribution in [0.15, 0.2) is 77.7 Å². The van der Waals surface area contributed by atoms with Gasteiger partial charge in [-0.1, -0.05) is 35.9 Å². The molecular weight excluding hydrogens is 457 g/mol. The number of amides is 1. The monoisotopic (exact) mass is 478 g/mol. The molecule has 3 aromatic carbocycles. The van der Waals surface area contributed by atoms with Crippen LogP contribution in [0, 0.1) is 6.92 Å². The van der Waals surface area contributed by atoms with Gasteiger partial charge in [0.2, 0.25) is 5.91 Å². The molecule has 1 amide bonds. The number of ether oxygens (including phenoxy) is 1. The minimum absolute atomic E-state index is 0.0501. The van der Waals surface area contributed by atoms with Crippen molar-refractivity contribution in [3.63, 3.8) is 0 Å². The highest BCUT2D eigenvalue weighted by molar-refractivity contribution is 7.92. The van der Waals surface area contributed by atoms with Gasteiger partial charge in [-0.15, -0.1) is 0 Å². The number of nitrogens with one attached hydrogen (secondary N) is 1. The van der Waals surface area contributed by atoms with Crippen LogP contribution in [0.2, 0.25) is 0 Å². The molecule has 0 spiro atoms. The van der Waals surface area contributed by atoms with E-state index >= 15 is 0 Å². The predicted molar refractivity (Wildman–Crippen MR) is 119 cm³/mol. The normalized spacial score (nSPS) is 11.7. The number of halogens is 3. The molecule has 3 aromatic rings. The van der Waals surface area contributed by atoms with Crippen LogP contribution in [-0.4, -0.2) is 28.0 Å². The highest BCUT2D eigenvalue weighted by Gasteiger charge is 2.31. The van der Waals surface area contributed by atoms with Gasteiger partial charge in [-0.2, -0.15) is 13.2 Å². The summed E-state index contributed by atoms with van der Waals surface area (Å²) >= 11 is 0. The molecule has 0 heterocycles. The average molecular weight is 478 g/mol. The number of para-hydroxylation sites is 2. The lowest BCUT2D eigenvalue weighted by molar-refractivity contribution is -0.137. The van der Waals surface area contributed by atoms with E-state index in [4.69, 9.17) is 4.74 Å². The topological polar surface area (TPSA) is 75.7 Å². The van der Waals surface area contributed by atoms with Crippen molar-refractivity contribution >= 4 is 27.3 Å². The zero-order chi connectivity index (χ0) is 24.2. The number of carbonyl (C=O) groups excluding carboxylic acids is 1. The molecule has 10 heteroatoms. The summed E-state index contributed by atoms with van der Waals surface area (Å²) in [4.78, 5) is 12.7. The minimum Gasteiger partial charge on any atom is -0.495 e. The molecule has 0 radical (unpaired) electrons. The molecule has 6 nitrogen and oxygen atoms in total. The molecule has 0 aromatic heterocycles. The summed E-state index contributed by atoms with van der Waals surface area (Å²) in [5, 5.41) is 2.34. The minimum atomic E-state index is -4.58. The first-order chi connectivity index (χ1) is 15.5. The Morgan fingerprint density at radius 1 is 1.00 bits per heavy atom. The number of sulfonamides is 1. The van der Waals surface area contributed by atoms with Gasteiger partial charge in [0.15, 0.2) is 0 Å². The number of methoxy groups -OCH3 is 1. The standard InChI is InChI=1S/C23H21F3N2O4S/c1-16-10-12-19(13-11-16)33(30,31)28(20-8-3-4-9-21(20)32-2)15-22(29)27-18-7-5-6-17(14-18)23(24,25)26/h3-14H,15H2,1-2H3,(H,27,29). The maximum absolute atomic E-state index is 13.4. The van der Waals surface area contributed by atoms with Crippen LogP contribution in [0.1, 0.15) is 11.1 Å². The zero-order valence-corrected chi connectivity index (χ0v) is 18.6. The Labute approximate surface area is 189 Å². The van der Waals surface area contributed by atoms with E-state index in [1.54, 1.807) is 31.2 Å². The number of benzene rings is 3. The summed E-state index contributed by atoms with van der Waals surface area (Å²) in [6.07, 6.45) is -4.58. The van der Waals surface area contributed by atoms with Crippen molar-refractivity contribution in [3.8, 4) is 5.75 Å². The van der Waals surface area contributed by atoms with Gasteiger partial charge in [-0.05, 0) is 49.4 Å². The van der Waals surface area contributed by atoms with Crippen molar-refractivity contribution in [2.24, 2.45) is 0 Å². The fourth-order valence-corrected chi connectivity index (χ4v) is 4.51. The van der Waals surface area contributed by atoms with Crippen molar-refractivity contribution < 1.29 is 31.1 Å². The Balaban J connectivity index is 1.97. The zero-order valence-electron chi connectivity index (χ0n) is 17.8. The lowest BCUT2D eigenvalue weighted by Crippen LogP contribution is -2.38. The van der Waals surface area contributed by atoms with E-state index in [0.29, 0.717) is 0 Å². The van der Waals surface area contributed by atoms with Gasteiger partial charge in [-0.3, -0.25) is 9.10 Å². The van der Waals surface area contributed by atoms with Crippen molar-refractivity contribution in [1.29, 1.82) is 0 Å². The third-order valence-corrected chi connectivity index (χ3v) is 6.50. The maximum atomic E-state index is 13.4. The molecule has 0 aliphatic heterocycles. The number of hydrogen-bond acceptors (Lipinski definition) is 4. The van der Waals surface area contributed by atoms with Crippen molar-refractivity contribution in [2.75, 3.05) is 23.3 Å². The highest BCUT2D eigenvalue weighted by atomic mass is 32.2. The molecule has 0 unspecified atom stereocenters. The third-order valence-electron chi connectivity index (χ3n) is 4.72. The number of nitrogens with zero attached hydrogens (tertiary/aromatic N) is 1. The first-order valence-electron chi connectivity index (χ1n) is 9.72. The van der Waals surface area contributed by atoms with Gasteiger partial charge in [-0.25, -0.2) is 8.42 Å². The van der Waals surface area contributed by atoms with Gasteiger partial charge >= 0.3 is 6.18 Å². The molecule has 0 saturated heterocycles. The summed E-state index contributed by atoms with van der Waals surface area (Å²) < 4.78 is 71.9. The van der Waals surface area contributed by atoms with Gasteiger partial charge in [0.1, 0.15) is 12.3 Å². The van der Waals surface area contributed by atoms with Crippen molar-refractivity contribution in [2.45, 2.75) is 18.0 Å². The van der Waals surface area contributed by atoms with E-state index in [0.717, 1.165) is 28.1 Å². The second-order valence-corrected chi connectivity index (χ2v) is 8.99. The van der Waals surface area contributed by atoms with E-state index in [2.05, 4.69) is 5.32 Å². The molecule has 33 heavy (non-hydrogen) atoms. The largest absolute Gasteiger partial charge is 0.495 e. The molecule has 0 bridgehead atoms. The first kappa shape index (κ1) is 24.1. The summed E-state index contributed by atoms with van der Waals surface area (Å²) in [6, 6.07) is 16.4. The number of hydrogen-bond donors (Lipinski definition) is 1. The lowest BCUT2D eigenvalue weighted by Gasteiger charge is -2.25. The number of alkyl halides is 3. The molecule has 0 aliphatic rings. The average Bonchev–Trinajstić information content (AvgIpc) is 2.77. The van der Waals surface area contributed by atoms with Crippen LogP contribution in [0.5, 0.6) is 5.75 Å². The van der Waals surface area contributed by atoms with Gasteiger partial charge < -0.3 is 10.1 Å². The molecule has 3 rings (SSSR count). The summed E-state index contributed by atoms with van der Waals surface area (Å²) in [5.74, 6) is -0.615. The summed E-state index contributed by atoms with van der Waals surface area (Å²) in [6.45, 7) is 1.11. The Kier molecular flexibility index (Phi) is 6.97. The van der Waals surface area contributed by atoms with Crippen LogP contribution in [0.3, 0.4) is 0 Å². The molecule has 0 atom stereocenters. The quantitative estimate of drug-likeness (QED) is 0.527. The maximum Gasteiger partial charge on any atom is 0.416 e. The number of carbonyl (C=O) groups is 1. The second-order valence-electron chi connectivity index (χ2n) is 7.12. The van der Waals surface area contributed by atoms with E-state index in [-0.39, 0.29) is 22.0 Å². The number of anilines is 2. The Morgan fingerprint density at radius 3 is 2.30 bits per heavy atom. The van der Waals surface area contributed by atoms with Crippen LogP contribution < -0.4 is 14.4 Å². The Morgan fingerprint density at radius 2 is 1.67 bits per heavy atom. The van der Waals surface area contributed by atoms with Crippen molar-refractivity contribution in [1.82, 2.24) is 0 Å². The van der Waals surface area contributed by atoms with E-state index in [1.807, 2.05) is 0 Å². The van der Waals surface area contributed by atoms with Gasteiger partial charge in [0.25, 0.3) is 10.0 Å². The molecule has 174 valence electrons. The fourth-order valence-electron chi connectivity index (χ4n) is 3.08. The predicted octanol–water partition coefficient (Wildman–Crippen LogP) is 4.86. The molecule has 1 N–H and O–H groups in total. The summed E-state index contributed by atoms with van der Waals surface area (Å²) in [5.41, 5.74) is -0.0865. The van der Waals surface area contributed by atoms with Crippen LogP contribution >= 0.6 is 0 Å². The Bertz CT molecular complexity index is 1240. The second kappa shape index (κ2) is 9.53. The lowest BCUT2D eigenvalue weighted by atomic mass is 10.2. The van der Waals surface area contributed by atoms with Gasteiger partial charge in [0, 0.05) is 5.69 Å². The van der Waals surface area contributed by atoms with E-state index in [1.165, 1.54) is 37.4 Å². The Hall–Kier alpha value is -3.53. The highest BCUT2D eigenvalue weighted by Crippen LogP contribution is 2.33. The smallest absolute Gasteiger partial charge is 0.416 e. The van der Waals surface area contributed by atoms with E-state index in [9.17, 15) is 26.4 Å². The molecular formula is C23H21F3N2O4S. The molecule has 0 aliphatic carbocycles. The van der Waals surface area contributed by atoms with Crippen LogP contribution in [0.4, 0.5) is 24.5 Å². The number of rotatable bonds is 7. The molecule has 0 fully saturated rings. The van der Waals surface area contributed by atoms with Gasteiger partial charge in [0.05, 0.1) is 23.3 Å². The first-order valence-corrected chi connectivity index (χ1v) is 11.2. The van der Waals surface area contributed by atoms with Crippen molar-refractivity contribution in [3.05, 3.63) is 83.9 Å². The summed E-state index contributed by atoms with van der Waals surface area (Å²) in [7, 11) is -2.85. The van der Waals surface area contributed by atoms with Crippen LogP contribution in [-0.2, 0) is 21.0 Å².